The van der Waals surface area contributed by atoms with Gasteiger partial charge in [-0.25, -0.2) is 9.97 Å². The molecule has 1 aromatic heterocycles. The Morgan fingerprint density at radius 1 is 1.29 bits per heavy atom. The van der Waals surface area contributed by atoms with Crippen molar-refractivity contribution in [2.24, 2.45) is 0 Å². The first-order valence-corrected chi connectivity index (χ1v) is 6.42. The SMILES string of the molecule is O=C(Cc1ccccc1[N+](=O)[O-])Nc1ncnc(Cl)c1Cl. The van der Waals surface area contributed by atoms with Gasteiger partial charge in [-0.1, -0.05) is 41.4 Å². The topological polar surface area (TPSA) is 98.0 Å². The van der Waals surface area contributed by atoms with Crippen LogP contribution in [-0.2, 0) is 11.2 Å². The molecule has 21 heavy (non-hydrogen) atoms. The lowest BCUT2D eigenvalue weighted by atomic mass is 10.1. The summed E-state index contributed by atoms with van der Waals surface area (Å²) in [7, 11) is 0. The molecule has 0 atom stereocenters. The zero-order valence-electron chi connectivity index (χ0n) is 10.4. The van der Waals surface area contributed by atoms with Crippen molar-refractivity contribution >= 4 is 40.6 Å². The predicted molar refractivity (Wildman–Crippen MR) is 77.5 cm³/mol. The highest BCUT2D eigenvalue weighted by Gasteiger charge is 2.17. The van der Waals surface area contributed by atoms with Crippen LogP contribution in [0.2, 0.25) is 10.2 Å². The van der Waals surface area contributed by atoms with Gasteiger partial charge in [-0.2, -0.15) is 0 Å². The summed E-state index contributed by atoms with van der Waals surface area (Å²) in [6.07, 6.45) is 0.962. The molecule has 0 fully saturated rings. The largest absolute Gasteiger partial charge is 0.309 e. The number of anilines is 1. The second-order valence-corrected chi connectivity index (χ2v) is 4.67. The van der Waals surface area contributed by atoms with Gasteiger partial charge in [-0.05, 0) is 0 Å². The summed E-state index contributed by atoms with van der Waals surface area (Å²) < 4.78 is 0. The fraction of sp³-hybridized carbons (Fsp3) is 0.0833. The van der Waals surface area contributed by atoms with E-state index in [2.05, 4.69) is 15.3 Å². The van der Waals surface area contributed by atoms with Gasteiger partial charge in [-0.15, -0.1) is 0 Å². The van der Waals surface area contributed by atoms with Crippen LogP contribution in [0.15, 0.2) is 30.6 Å². The number of para-hydroxylation sites is 1. The number of amides is 1. The normalized spacial score (nSPS) is 10.2. The average molecular weight is 327 g/mol. The molecule has 0 aliphatic carbocycles. The molecule has 0 saturated heterocycles. The summed E-state index contributed by atoms with van der Waals surface area (Å²) in [6.45, 7) is 0. The molecule has 0 aliphatic rings. The van der Waals surface area contributed by atoms with Gasteiger partial charge >= 0.3 is 0 Å². The highest BCUT2D eigenvalue weighted by atomic mass is 35.5. The zero-order chi connectivity index (χ0) is 15.4. The molecule has 1 heterocycles. The number of halogens is 2. The molecule has 0 bridgehead atoms. The highest BCUT2D eigenvalue weighted by Crippen LogP contribution is 2.25. The van der Waals surface area contributed by atoms with Gasteiger partial charge in [0.1, 0.15) is 11.3 Å². The molecular weight excluding hydrogens is 319 g/mol. The van der Waals surface area contributed by atoms with E-state index in [1.165, 1.54) is 18.2 Å². The van der Waals surface area contributed by atoms with Crippen molar-refractivity contribution in [2.45, 2.75) is 6.42 Å². The van der Waals surface area contributed by atoms with E-state index in [1.807, 2.05) is 0 Å². The van der Waals surface area contributed by atoms with E-state index in [0.717, 1.165) is 6.33 Å². The van der Waals surface area contributed by atoms with Gasteiger partial charge in [0.2, 0.25) is 5.91 Å². The predicted octanol–water partition coefficient (Wildman–Crippen LogP) is 2.87. The molecule has 1 N–H and O–H groups in total. The minimum atomic E-state index is -0.544. The van der Waals surface area contributed by atoms with Crippen molar-refractivity contribution in [3.63, 3.8) is 0 Å². The summed E-state index contributed by atoms with van der Waals surface area (Å²) in [5, 5.41) is 13.3. The number of benzene rings is 1. The molecule has 9 heteroatoms. The minimum Gasteiger partial charge on any atom is -0.309 e. The van der Waals surface area contributed by atoms with E-state index in [-0.39, 0.29) is 33.7 Å². The third kappa shape index (κ3) is 3.65. The first-order chi connectivity index (χ1) is 9.99. The molecule has 0 aliphatic heterocycles. The average Bonchev–Trinajstić information content (AvgIpc) is 2.44. The van der Waals surface area contributed by atoms with Crippen LogP contribution in [0.5, 0.6) is 0 Å². The Kier molecular flexibility index (Phi) is 4.66. The van der Waals surface area contributed by atoms with Crippen LogP contribution in [0.25, 0.3) is 0 Å². The third-order valence-corrected chi connectivity index (χ3v) is 3.29. The zero-order valence-corrected chi connectivity index (χ0v) is 11.9. The number of hydrogen-bond acceptors (Lipinski definition) is 5. The van der Waals surface area contributed by atoms with Crippen LogP contribution < -0.4 is 5.32 Å². The molecule has 0 radical (unpaired) electrons. The molecular formula is C12H8Cl2N4O3. The van der Waals surface area contributed by atoms with Crippen molar-refractivity contribution in [3.05, 3.63) is 56.4 Å². The second-order valence-electron chi connectivity index (χ2n) is 3.94. The van der Waals surface area contributed by atoms with Crippen LogP contribution in [0.1, 0.15) is 5.56 Å². The van der Waals surface area contributed by atoms with Crippen LogP contribution in [-0.4, -0.2) is 20.8 Å². The fourth-order valence-corrected chi connectivity index (χ4v) is 1.90. The third-order valence-electron chi connectivity index (χ3n) is 2.54. The first-order valence-electron chi connectivity index (χ1n) is 5.67. The number of hydrogen-bond donors (Lipinski definition) is 1. The molecule has 2 aromatic rings. The van der Waals surface area contributed by atoms with Crippen LogP contribution >= 0.6 is 23.2 Å². The van der Waals surface area contributed by atoms with Gasteiger partial charge < -0.3 is 5.32 Å². The summed E-state index contributed by atoms with van der Waals surface area (Å²) in [6, 6.07) is 5.98. The van der Waals surface area contributed by atoms with E-state index in [4.69, 9.17) is 23.2 Å². The number of aromatic nitrogens is 2. The minimum absolute atomic E-state index is 0.00709. The monoisotopic (exact) mass is 326 g/mol. The second kappa shape index (κ2) is 6.47. The van der Waals surface area contributed by atoms with Crippen LogP contribution in [0.4, 0.5) is 11.5 Å². The molecule has 7 nitrogen and oxygen atoms in total. The number of nitrogens with zero attached hydrogens (tertiary/aromatic N) is 3. The molecule has 108 valence electrons. The lowest BCUT2D eigenvalue weighted by Gasteiger charge is -2.06. The van der Waals surface area contributed by atoms with Gasteiger partial charge in [-0.3, -0.25) is 14.9 Å². The van der Waals surface area contributed by atoms with Gasteiger partial charge in [0.25, 0.3) is 5.69 Å². The Labute approximate surface area is 129 Å². The van der Waals surface area contributed by atoms with Crippen LogP contribution in [0.3, 0.4) is 0 Å². The maximum absolute atomic E-state index is 11.9. The highest BCUT2D eigenvalue weighted by molar-refractivity contribution is 6.42. The van der Waals surface area contributed by atoms with E-state index in [0.29, 0.717) is 0 Å². The molecule has 0 unspecified atom stereocenters. The van der Waals surface area contributed by atoms with Crippen molar-refractivity contribution in [1.82, 2.24) is 9.97 Å². The first kappa shape index (κ1) is 15.1. The maximum atomic E-state index is 11.9. The standard InChI is InChI=1S/C12H8Cl2N4O3/c13-10-11(14)15-6-16-12(10)17-9(19)5-7-3-1-2-4-8(7)18(20)21/h1-4,6H,5H2,(H,15,16,17,19). The Hall–Kier alpha value is -2.25. The van der Waals surface area contributed by atoms with E-state index < -0.39 is 10.8 Å². The Morgan fingerprint density at radius 3 is 2.71 bits per heavy atom. The molecule has 2 rings (SSSR count). The van der Waals surface area contributed by atoms with E-state index in [9.17, 15) is 14.9 Å². The maximum Gasteiger partial charge on any atom is 0.273 e. The summed E-state index contributed by atoms with van der Waals surface area (Å²) in [5.41, 5.74) is 0.163. The lowest BCUT2D eigenvalue weighted by molar-refractivity contribution is -0.385. The molecule has 1 aromatic carbocycles. The number of nitrogens with one attached hydrogen (secondary N) is 1. The van der Waals surface area contributed by atoms with Crippen LogP contribution in [0, 0.1) is 10.1 Å². The number of carbonyl (C=O) groups excluding carboxylic acids is 1. The number of carbonyl (C=O) groups is 1. The quantitative estimate of drug-likeness (QED) is 0.529. The Bertz CT molecular complexity index is 709. The summed E-state index contributed by atoms with van der Waals surface area (Å²) in [4.78, 5) is 29.7. The number of nitro benzene ring substituents is 1. The Morgan fingerprint density at radius 2 is 2.00 bits per heavy atom. The van der Waals surface area contributed by atoms with E-state index in [1.54, 1.807) is 6.07 Å². The van der Waals surface area contributed by atoms with Crippen molar-refractivity contribution in [1.29, 1.82) is 0 Å². The summed E-state index contributed by atoms with van der Waals surface area (Å²) in [5.74, 6) is -0.443. The van der Waals surface area contributed by atoms with Gasteiger partial charge in [0, 0.05) is 11.6 Å². The molecule has 0 saturated carbocycles. The van der Waals surface area contributed by atoms with Crippen molar-refractivity contribution < 1.29 is 9.72 Å². The van der Waals surface area contributed by atoms with Crippen molar-refractivity contribution in [3.8, 4) is 0 Å². The fourth-order valence-electron chi connectivity index (χ4n) is 1.62. The van der Waals surface area contributed by atoms with Gasteiger partial charge in [0.15, 0.2) is 11.0 Å². The van der Waals surface area contributed by atoms with E-state index >= 15 is 0 Å². The summed E-state index contributed by atoms with van der Waals surface area (Å²) >= 11 is 11.5. The molecule has 0 spiro atoms. The lowest BCUT2D eigenvalue weighted by Crippen LogP contribution is -2.16. The number of nitro groups is 1. The molecule has 1 amide bonds. The van der Waals surface area contributed by atoms with Gasteiger partial charge in [0.05, 0.1) is 11.3 Å². The smallest absolute Gasteiger partial charge is 0.273 e. The Balaban J connectivity index is 2.16. The number of rotatable bonds is 4. The van der Waals surface area contributed by atoms with Crippen molar-refractivity contribution in [2.75, 3.05) is 5.32 Å².